The molecular formula is C12H10FNO2S. The number of carbonyl (C=O) groups is 1. The van der Waals surface area contributed by atoms with E-state index in [2.05, 4.69) is 4.98 Å². The van der Waals surface area contributed by atoms with Crippen LogP contribution < -0.4 is 0 Å². The zero-order valence-corrected chi connectivity index (χ0v) is 9.71. The van der Waals surface area contributed by atoms with Crippen molar-refractivity contribution in [3.05, 3.63) is 36.3 Å². The number of pyridine rings is 1. The van der Waals surface area contributed by atoms with Gasteiger partial charge in [0.1, 0.15) is 5.82 Å². The van der Waals surface area contributed by atoms with Gasteiger partial charge >= 0.3 is 5.97 Å². The van der Waals surface area contributed by atoms with Gasteiger partial charge in [-0.25, -0.2) is 4.39 Å². The van der Waals surface area contributed by atoms with Crippen molar-refractivity contribution >= 4 is 28.6 Å². The second-order valence-electron chi connectivity index (χ2n) is 3.46. The number of thioether (sulfide) groups is 1. The number of halogens is 1. The summed E-state index contributed by atoms with van der Waals surface area (Å²) in [5.74, 6) is -0.647. The molecule has 0 saturated heterocycles. The van der Waals surface area contributed by atoms with Crippen LogP contribution >= 0.6 is 11.8 Å². The summed E-state index contributed by atoms with van der Waals surface area (Å²) in [7, 11) is 0. The molecule has 0 unspecified atom stereocenters. The lowest BCUT2D eigenvalue weighted by Gasteiger charge is -2.04. The number of carboxylic acid groups (broad SMARTS) is 1. The molecule has 0 aliphatic heterocycles. The maximum atomic E-state index is 13.0. The number of hydrogen-bond acceptors (Lipinski definition) is 3. The molecule has 2 rings (SSSR count). The third-order valence-electron chi connectivity index (χ3n) is 2.24. The number of aliphatic carboxylic acids is 1. The third kappa shape index (κ3) is 2.94. The Kier molecular flexibility index (Phi) is 3.58. The van der Waals surface area contributed by atoms with Crippen molar-refractivity contribution in [2.45, 2.75) is 11.3 Å². The highest BCUT2D eigenvalue weighted by Crippen LogP contribution is 2.27. The fraction of sp³-hybridized carbons (Fsp3) is 0.167. The molecule has 1 aromatic heterocycles. The molecule has 1 N–H and O–H groups in total. The number of aromatic nitrogens is 1. The van der Waals surface area contributed by atoms with Crippen LogP contribution in [0.5, 0.6) is 0 Å². The van der Waals surface area contributed by atoms with Gasteiger partial charge in [-0.05, 0) is 18.2 Å². The molecule has 1 heterocycles. The molecule has 0 bridgehead atoms. The molecule has 17 heavy (non-hydrogen) atoms. The fourth-order valence-electron chi connectivity index (χ4n) is 1.47. The zero-order valence-electron chi connectivity index (χ0n) is 8.89. The minimum atomic E-state index is -0.818. The molecule has 2 aromatic rings. The lowest BCUT2D eigenvalue weighted by atomic mass is 10.2. The first-order chi connectivity index (χ1) is 8.16. The number of hydrogen-bond donors (Lipinski definition) is 1. The highest BCUT2D eigenvalue weighted by Gasteiger charge is 2.05. The zero-order chi connectivity index (χ0) is 12.3. The third-order valence-corrected chi connectivity index (χ3v) is 3.31. The van der Waals surface area contributed by atoms with Gasteiger partial charge in [-0.2, -0.15) is 0 Å². The van der Waals surface area contributed by atoms with Gasteiger partial charge in [-0.1, -0.05) is 0 Å². The highest BCUT2D eigenvalue weighted by atomic mass is 32.2. The molecule has 0 fully saturated rings. The van der Waals surface area contributed by atoms with E-state index in [1.807, 2.05) is 6.07 Å². The van der Waals surface area contributed by atoms with Crippen LogP contribution in [0.2, 0.25) is 0 Å². The van der Waals surface area contributed by atoms with Crippen LogP contribution in [0.4, 0.5) is 4.39 Å². The molecule has 88 valence electrons. The first-order valence-corrected chi connectivity index (χ1v) is 6.04. The molecule has 0 aliphatic carbocycles. The van der Waals surface area contributed by atoms with E-state index in [4.69, 9.17) is 5.11 Å². The Balaban J connectivity index is 2.25. The van der Waals surface area contributed by atoms with Crippen molar-refractivity contribution < 1.29 is 14.3 Å². The first kappa shape index (κ1) is 11.9. The summed E-state index contributed by atoms with van der Waals surface area (Å²) < 4.78 is 13.0. The summed E-state index contributed by atoms with van der Waals surface area (Å²) in [5, 5.41) is 9.42. The van der Waals surface area contributed by atoms with E-state index >= 15 is 0 Å². The SMILES string of the molecule is O=C(O)CCSc1ccnc2cc(F)ccc12. The van der Waals surface area contributed by atoms with Crippen LogP contribution in [-0.2, 0) is 4.79 Å². The van der Waals surface area contributed by atoms with Gasteiger partial charge in [0.05, 0.1) is 11.9 Å². The lowest BCUT2D eigenvalue weighted by Crippen LogP contribution is -1.96. The van der Waals surface area contributed by atoms with Gasteiger partial charge in [0.25, 0.3) is 0 Å². The fourth-order valence-corrected chi connectivity index (χ4v) is 2.45. The summed E-state index contributed by atoms with van der Waals surface area (Å²) in [5.41, 5.74) is 0.588. The van der Waals surface area contributed by atoms with E-state index in [0.717, 1.165) is 10.3 Å². The highest BCUT2D eigenvalue weighted by molar-refractivity contribution is 7.99. The Morgan fingerprint density at radius 2 is 2.24 bits per heavy atom. The predicted octanol–water partition coefficient (Wildman–Crippen LogP) is 2.94. The second kappa shape index (κ2) is 5.14. The summed E-state index contributed by atoms with van der Waals surface area (Å²) >= 11 is 1.44. The Hall–Kier alpha value is -1.62. The van der Waals surface area contributed by atoms with Crippen LogP contribution in [-0.4, -0.2) is 21.8 Å². The van der Waals surface area contributed by atoms with Crippen molar-refractivity contribution in [3.63, 3.8) is 0 Å². The van der Waals surface area contributed by atoms with Crippen LogP contribution in [0.25, 0.3) is 10.9 Å². The molecule has 0 spiro atoms. The summed E-state index contributed by atoms with van der Waals surface area (Å²) in [6, 6.07) is 6.23. The van der Waals surface area contributed by atoms with Crippen molar-refractivity contribution in [1.82, 2.24) is 4.98 Å². The largest absolute Gasteiger partial charge is 0.481 e. The Morgan fingerprint density at radius 3 is 3.00 bits per heavy atom. The molecule has 3 nitrogen and oxygen atoms in total. The van der Waals surface area contributed by atoms with E-state index < -0.39 is 5.97 Å². The minimum Gasteiger partial charge on any atom is -0.481 e. The van der Waals surface area contributed by atoms with E-state index in [0.29, 0.717) is 11.3 Å². The second-order valence-corrected chi connectivity index (χ2v) is 4.60. The van der Waals surface area contributed by atoms with Crippen molar-refractivity contribution in [3.8, 4) is 0 Å². The summed E-state index contributed by atoms with van der Waals surface area (Å²) in [6.45, 7) is 0. The van der Waals surface area contributed by atoms with Gasteiger partial charge in [0, 0.05) is 28.3 Å². The van der Waals surface area contributed by atoms with Crippen LogP contribution in [0.1, 0.15) is 6.42 Å². The average molecular weight is 251 g/mol. The standard InChI is InChI=1S/C12H10FNO2S/c13-8-1-2-9-10(7-8)14-5-3-11(9)17-6-4-12(15)16/h1-3,5,7H,4,6H2,(H,15,16). The normalized spacial score (nSPS) is 10.6. The minimum absolute atomic E-state index is 0.107. The Labute approximate surface area is 102 Å². The smallest absolute Gasteiger partial charge is 0.304 e. The monoisotopic (exact) mass is 251 g/mol. The molecular weight excluding hydrogens is 241 g/mol. The Morgan fingerprint density at radius 1 is 1.41 bits per heavy atom. The first-order valence-electron chi connectivity index (χ1n) is 5.05. The van der Waals surface area contributed by atoms with Crippen LogP contribution in [0, 0.1) is 5.82 Å². The summed E-state index contributed by atoms with van der Waals surface area (Å²) in [6.07, 6.45) is 1.71. The van der Waals surface area contributed by atoms with E-state index in [-0.39, 0.29) is 12.2 Å². The number of fused-ring (bicyclic) bond motifs is 1. The van der Waals surface area contributed by atoms with Gasteiger partial charge in [0.15, 0.2) is 0 Å². The molecule has 0 aliphatic rings. The van der Waals surface area contributed by atoms with Gasteiger partial charge < -0.3 is 5.11 Å². The van der Waals surface area contributed by atoms with Crippen molar-refractivity contribution in [2.75, 3.05) is 5.75 Å². The quantitative estimate of drug-likeness (QED) is 0.849. The van der Waals surface area contributed by atoms with Crippen molar-refractivity contribution in [2.24, 2.45) is 0 Å². The number of carboxylic acids is 1. The molecule has 1 aromatic carbocycles. The van der Waals surface area contributed by atoms with E-state index in [9.17, 15) is 9.18 Å². The average Bonchev–Trinajstić information content (AvgIpc) is 2.28. The molecule has 0 atom stereocenters. The maximum absolute atomic E-state index is 13.0. The van der Waals surface area contributed by atoms with Crippen LogP contribution in [0.15, 0.2) is 35.4 Å². The lowest BCUT2D eigenvalue weighted by molar-refractivity contribution is -0.136. The van der Waals surface area contributed by atoms with Gasteiger partial charge in [-0.15, -0.1) is 11.8 Å². The van der Waals surface area contributed by atoms with E-state index in [1.54, 1.807) is 12.3 Å². The predicted molar refractivity (Wildman–Crippen MR) is 64.7 cm³/mol. The topological polar surface area (TPSA) is 50.2 Å². The summed E-state index contributed by atoms with van der Waals surface area (Å²) in [4.78, 5) is 15.4. The maximum Gasteiger partial charge on any atom is 0.304 e. The number of nitrogens with zero attached hydrogens (tertiary/aromatic N) is 1. The molecule has 0 amide bonds. The molecule has 0 radical (unpaired) electrons. The molecule has 5 heteroatoms. The van der Waals surface area contributed by atoms with Crippen molar-refractivity contribution in [1.29, 1.82) is 0 Å². The Bertz CT molecular complexity index is 559. The van der Waals surface area contributed by atoms with Gasteiger partial charge in [-0.3, -0.25) is 9.78 Å². The van der Waals surface area contributed by atoms with Crippen LogP contribution in [0.3, 0.4) is 0 Å². The van der Waals surface area contributed by atoms with Gasteiger partial charge in [0.2, 0.25) is 0 Å². The number of rotatable bonds is 4. The van der Waals surface area contributed by atoms with E-state index in [1.165, 1.54) is 23.9 Å². The number of benzene rings is 1. The molecule has 0 saturated carbocycles.